The average Bonchev–Trinajstić information content (AvgIpc) is 2.43. The number of carbonyl (C=O) groups excluding carboxylic acids is 1. The van der Waals surface area contributed by atoms with E-state index in [4.69, 9.17) is 4.74 Å². The zero-order valence-corrected chi connectivity index (χ0v) is 11.7. The molecule has 0 aromatic heterocycles. The first-order chi connectivity index (χ1) is 9.95. The van der Waals surface area contributed by atoms with Crippen LogP contribution in [-0.2, 0) is 4.79 Å². The molecule has 0 heterocycles. The van der Waals surface area contributed by atoms with Gasteiger partial charge in [-0.05, 0) is 43.7 Å². The molecule has 0 unspecified atom stereocenters. The molecule has 0 radical (unpaired) electrons. The summed E-state index contributed by atoms with van der Waals surface area (Å²) in [6.45, 7) is 3.50. The van der Waals surface area contributed by atoms with Crippen molar-refractivity contribution in [1.82, 2.24) is 0 Å². The summed E-state index contributed by atoms with van der Waals surface area (Å²) in [5.41, 5.74) is 1.19. The van der Waals surface area contributed by atoms with E-state index in [-0.39, 0.29) is 5.69 Å². The number of rotatable bonds is 4. The minimum atomic E-state index is -1.01. The third kappa shape index (κ3) is 4.02. The smallest absolute Gasteiger partial charge is 0.265 e. The van der Waals surface area contributed by atoms with E-state index in [9.17, 15) is 13.6 Å². The summed E-state index contributed by atoms with van der Waals surface area (Å²) in [4.78, 5) is 11.9. The van der Waals surface area contributed by atoms with Gasteiger partial charge in [-0.1, -0.05) is 12.1 Å². The summed E-state index contributed by atoms with van der Waals surface area (Å²) in [5.74, 6) is -1.84. The Morgan fingerprint density at radius 2 is 1.90 bits per heavy atom. The molecule has 0 saturated carbocycles. The van der Waals surface area contributed by atoms with Gasteiger partial charge in [-0.15, -0.1) is 0 Å². The van der Waals surface area contributed by atoms with Crippen molar-refractivity contribution in [3.05, 3.63) is 59.7 Å². The second-order valence-electron chi connectivity index (χ2n) is 4.69. The quantitative estimate of drug-likeness (QED) is 0.933. The zero-order valence-electron chi connectivity index (χ0n) is 11.7. The molecule has 0 saturated heterocycles. The Labute approximate surface area is 121 Å². The van der Waals surface area contributed by atoms with Crippen molar-refractivity contribution < 1.29 is 18.3 Å². The normalized spacial score (nSPS) is 11.8. The molecule has 5 heteroatoms. The van der Waals surface area contributed by atoms with Gasteiger partial charge in [-0.3, -0.25) is 4.79 Å². The van der Waals surface area contributed by atoms with Crippen molar-refractivity contribution in [2.45, 2.75) is 20.0 Å². The number of anilines is 1. The highest BCUT2D eigenvalue weighted by atomic mass is 19.2. The fraction of sp³-hybridized carbons (Fsp3) is 0.188. The molecule has 110 valence electrons. The molecule has 2 rings (SSSR count). The van der Waals surface area contributed by atoms with Crippen LogP contribution in [0.1, 0.15) is 12.5 Å². The second kappa shape index (κ2) is 6.35. The molecule has 2 aromatic carbocycles. The lowest BCUT2D eigenvalue weighted by Gasteiger charge is -2.15. The molecule has 2 aromatic rings. The van der Waals surface area contributed by atoms with Gasteiger partial charge < -0.3 is 10.1 Å². The van der Waals surface area contributed by atoms with Gasteiger partial charge in [0.1, 0.15) is 5.75 Å². The van der Waals surface area contributed by atoms with Gasteiger partial charge in [-0.2, -0.15) is 0 Å². The van der Waals surface area contributed by atoms with Crippen molar-refractivity contribution in [3.63, 3.8) is 0 Å². The van der Waals surface area contributed by atoms with Crippen molar-refractivity contribution >= 4 is 11.6 Å². The summed E-state index contributed by atoms with van der Waals surface area (Å²) in [6, 6.07) is 10.5. The van der Waals surface area contributed by atoms with Crippen LogP contribution in [0.5, 0.6) is 5.75 Å². The average molecular weight is 291 g/mol. The summed E-state index contributed by atoms with van der Waals surface area (Å²) in [6.07, 6.45) is -0.764. The highest BCUT2D eigenvalue weighted by Gasteiger charge is 2.15. The molecular formula is C16H15F2NO2. The van der Waals surface area contributed by atoms with Gasteiger partial charge >= 0.3 is 0 Å². The van der Waals surface area contributed by atoms with Crippen LogP contribution >= 0.6 is 0 Å². The van der Waals surface area contributed by atoms with E-state index in [1.54, 1.807) is 19.1 Å². The highest BCUT2D eigenvalue weighted by molar-refractivity contribution is 5.94. The third-order valence-corrected chi connectivity index (χ3v) is 2.86. The molecule has 0 fully saturated rings. The molecule has 1 atom stereocenters. The molecular weight excluding hydrogens is 276 g/mol. The van der Waals surface area contributed by atoms with E-state index < -0.39 is 23.6 Å². The van der Waals surface area contributed by atoms with Crippen molar-refractivity contribution in [1.29, 1.82) is 0 Å². The van der Waals surface area contributed by atoms with Gasteiger partial charge in [-0.25, -0.2) is 8.78 Å². The summed E-state index contributed by atoms with van der Waals surface area (Å²) in [5, 5.41) is 2.47. The largest absolute Gasteiger partial charge is 0.481 e. The van der Waals surface area contributed by atoms with Gasteiger partial charge in [0.05, 0.1) is 0 Å². The molecule has 0 aliphatic heterocycles. The number of halogens is 2. The third-order valence-electron chi connectivity index (χ3n) is 2.86. The number of amides is 1. The van der Waals surface area contributed by atoms with Crippen molar-refractivity contribution in [3.8, 4) is 5.75 Å². The number of benzene rings is 2. The second-order valence-corrected chi connectivity index (χ2v) is 4.69. The Bertz CT molecular complexity index is 658. The van der Waals surface area contributed by atoms with Crippen LogP contribution in [0.15, 0.2) is 42.5 Å². The molecule has 0 aliphatic carbocycles. The van der Waals surface area contributed by atoms with Crippen LogP contribution in [0, 0.1) is 18.6 Å². The van der Waals surface area contributed by atoms with Gasteiger partial charge in [0, 0.05) is 11.8 Å². The Hall–Kier alpha value is -2.43. The van der Waals surface area contributed by atoms with E-state index >= 15 is 0 Å². The van der Waals surface area contributed by atoms with Crippen LogP contribution < -0.4 is 10.1 Å². The van der Waals surface area contributed by atoms with Crippen molar-refractivity contribution in [2.75, 3.05) is 5.32 Å². The van der Waals surface area contributed by atoms with E-state index in [1.165, 1.54) is 6.07 Å². The first-order valence-corrected chi connectivity index (χ1v) is 6.45. The van der Waals surface area contributed by atoms with Crippen molar-refractivity contribution in [2.24, 2.45) is 0 Å². The van der Waals surface area contributed by atoms with Crippen LogP contribution in [0.4, 0.5) is 14.5 Å². The van der Waals surface area contributed by atoms with Crippen LogP contribution in [0.25, 0.3) is 0 Å². The molecule has 0 aliphatic rings. The summed E-state index contributed by atoms with van der Waals surface area (Å²) < 4.78 is 31.4. The topological polar surface area (TPSA) is 38.3 Å². The maximum atomic E-state index is 13.1. The monoisotopic (exact) mass is 291 g/mol. The Morgan fingerprint density at radius 3 is 2.57 bits per heavy atom. The van der Waals surface area contributed by atoms with E-state index in [0.717, 1.165) is 17.7 Å². The first kappa shape index (κ1) is 15.0. The molecule has 1 N–H and O–H groups in total. The van der Waals surface area contributed by atoms with E-state index in [1.807, 2.05) is 19.1 Å². The number of hydrogen-bond donors (Lipinski definition) is 1. The number of aryl methyl sites for hydroxylation is 1. The fourth-order valence-corrected chi connectivity index (χ4v) is 1.76. The molecule has 0 spiro atoms. The van der Waals surface area contributed by atoms with Crippen LogP contribution in [-0.4, -0.2) is 12.0 Å². The number of carbonyl (C=O) groups is 1. The van der Waals surface area contributed by atoms with E-state index in [0.29, 0.717) is 5.75 Å². The maximum Gasteiger partial charge on any atom is 0.265 e. The van der Waals surface area contributed by atoms with Gasteiger partial charge in [0.25, 0.3) is 5.91 Å². The standard InChI is InChI=1S/C16H15F2NO2/c1-10-4-3-5-13(8-10)21-11(2)16(20)19-12-6-7-14(17)15(18)9-12/h3-9,11H,1-2H3,(H,19,20)/t11-/m0/s1. The molecule has 1 amide bonds. The SMILES string of the molecule is Cc1cccc(O[C@@H](C)C(=O)Nc2ccc(F)c(F)c2)c1. The fourth-order valence-electron chi connectivity index (χ4n) is 1.76. The molecule has 0 bridgehead atoms. The van der Waals surface area contributed by atoms with Gasteiger partial charge in [0.2, 0.25) is 0 Å². The highest BCUT2D eigenvalue weighted by Crippen LogP contribution is 2.16. The Balaban J connectivity index is 2.00. The Morgan fingerprint density at radius 1 is 1.14 bits per heavy atom. The lowest BCUT2D eigenvalue weighted by Crippen LogP contribution is -2.30. The number of ether oxygens (including phenoxy) is 1. The molecule has 21 heavy (non-hydrogen) atoms. The van der Waals surface area contributed by atoms with Crippen LogP contribution in [0.2, 0.25) is 0 Å². The predicted molar refractivity (Wildman–Crippen MR) is 76.3 cm³/mol. The lowest BCUT2D eigenvalue weighted by molar-refractivity contribution is -0.122. The Kier molecular flexibility index (Phi) is 4.52. The van der Waals surface area contributed by atoms with Gasteiger partial charge in [0.15, 0.2) is 17.7 Å². The minimum Gasteiger partial charge on any atom is -0.481 e. The van der Waals surface area contributed by atoms with E-state index in [2.05, 4.69) is 5.32 Å². The maximum absolute atomic E-state index is 13.1. The summed E-state index contributed by atoms with van der Waals surface area (Å²) in [7, 11) is 0. The van der Waals surface area contributed by atoms with Crippen LogP contribution in [0.3, 0.4) is 0 Å². The summed E-state index contributed by atoms with van der Waals surface area (Å²) >= 11 is 0. The predicted octanol–water partition coefficient (Wildman–Crippen LogP) is 3.68. The minimum absolute atomic E-state index is 0.179. The first-order valence-electron chi connectivity index (χ1n) is 6.45. The molecule has 3 nitrogen and oxygen atoms in total. The number of nitrogens with one attached hydrogen (secondary N) is 1. The number of hydrogen-bond acceptors (Lipinski definition) is 2. The lowest BCUT2D eigenvalue weighted by atomic mass is 10.2. The zero-order chi connectivity index (χ0) is 15.4.